The second kappa shape index (κ2) is 11.5. The Hall–Kier alpha value is -2.93. The number of piperazine rings is 1. The molecule has 40 heavy (non-hydrogen) atoms. The number of hydrogen-bond donors (Lipinski definition) is 1. The number of aromatic nitrogens is 2. The summed E-state index contributed by atoms with van der Waals surface area (Å²) in [5.41, 5.74) is 1.82. The molecular formula is C26H30Cl2FN5O5S. The van der Waals surface area contributed by atoms with Gasteiger partial charge in [0.05, 0.1) is 32.3 Å². The first-order valence-corrected chi connectivity index (χ1v) is 15.0. The van der Waals surface area contributed by atoms with Crippen LogP contribution >= 0.6 is 23.2 Å². The van der Waals surface area contributed by atoms with Gasteiger partial charge in [-0.05, 0) is 45.0 Å². The zero-order valence-electron chi connectivity index (χ0n) is 22.5. The predicted octanol–water partition coefficient (Wildman–Crippen LogP) is 4.56. The number of amides is 1. The quantitative estimate of drug-likeness (QED) is 0.430. The SMILES string of the molecule is CCS(=O)(=O)c1ccc(Cl)cc1Nn1cnc2c(Cl)c(CN3CCN(C(=O)OC(C)(C)C)CC3)c(F)cc2c1=O. The third-order valence-corrected chi connectivity index (χ3v) is 8.77. The number of carbonyl (C=O) groups excluding carboxylic acids is 1. The largest absolute Gasteiger partial charge is 0.444 e. The van der Waals surface area contributed by atoms with Crippen molar-refractivity contribution in [2.24, 2.45) is 0 Å². The lowest BCUT2D eigenvalue weighted by atomic mass is 10.1. The summed E-state index contributed by atoms with van der Waals surface area (Å²) in [6, 6.07) is 5.23. The molecule has 1 aliphatic rings. The maximum Gasteiger partial charge on any atom is 0.410 e. The number of benzene rings is 2. The first-order valence-electron chi connectivity index (χ1n) is 12.6. The van der Waals surface area contributed by atoms with Crippen molar-refractivity contribution in [3.05, 3.63) is 62.4 Å². The van der Waals surface area contributed by atoms with Gasteiger partial charge in [-0.15, -0.1) is 0 Å². The van der Waals surface area contributed by atoms with E-state index in [9.17, 15) is 18.0 Å². The topological polar surface area (TPSA) is 114 Å². The fraction of sp³-hybridized carbons (Fsp3) is 0.423. The minimum atomic E-state index is -3.64. The zero-order chi connectivity index (χ0) is 29.4. The summed E-state index contributed by atoms with van der Waals surface area (Å²) < 4.78 is 46.7. The van der Waals surface area contributed by atoms with Gasteiger partial charge in [0.1, 0.15) is 17.7 Å². The van der Waals surface area contributed by atoms with Gasteiger partial charge in [0.15, 0.2) is 9.84 Å². The molecule has 14 heteroatoms. The highest BCUT2D eigenvalue weighted by Crippen LogP contribution is 2.29. The van der Waals surface area contributed by atoms with E-state index in [1.165, 1.54) is 25.1 Å². The molecule has 0 aliphatic carbocycles. The van der Waals surface area contributed by atoms with Crippen LogP contribution in [0.1, 0.15) is 33.3 Å². The van der Waals surface area contributed by atoms with Crippen LogP contribution in [0.25, 0.3) is 10.9 Å². The number of anilines is 1. The molecule has 2 heterocycles. The first kappa shape index (κ1) is 30.0. The van der Waals surface area contributed by atoms with Crippen LogP contribution in [0.4, 0.5) is 14.9 Å². The van der Waals surface area contributed by atoms with Crippen molar-refractivity contribution in [3.8, 4) is 0 Å². The highest BCUT2D eigenvalue weighted by Gasteiger charge is 2.27. The number of sulfone groups is 1. The van der Waals surface area contributed by atoms with Gasteiger partial charge in [0.25, 0.3) is 5.56 Å². The normalized spacial score (nSPS) is 14.9. The van der Waals surface area contributed by atoms with Crippen LogP contribution in [0.2, 0.25) is 10.0 Å². The highest BCUT2D eigenvalue weighted by molar-refractivity contribution is 7.91. The molecule has 1 saturated heterocycles. The van der Waals surface area contributed by atoms with Crippen molar-refractivity contribution in [2.75, 3.05) is 37.4 Å². The fourth-order valence-electron chi connectivity index (χ4n) is 4.24. The van der Waals surface area contributed by atoms with E-state index < -0.39 is 32.9 Å². The Balaban J connectivity index is 1.57. The molecule has 1 fully saturated rings. The molecule has 10 nitrogen and oxygen atoms in total. The Labute approximate surface area is 241 Å². The average Bonchev–Trinajstić information content (AvgIpc) is 2.88. The second-order valence-electron chi connectivity index (χ2n) is 10.4. The van der Waals surface area contributed by atoms with E-state index in [4.69, 9.17) is 27.9 Å². The zero-order valence-corrected chi connectivity index (χ0v) is 24.8. The summed E-state index contributed by atoms with van der Waals surface area (Å²) in [5.74, 6) is -0.839. The minimum absolute atomic E-state index is 0.00540. The Kier molecular flexibility index (Phi) is 8.65. The number of nitrogens with zero attached hydrogens (tertiary/aromatic N) is 4. The number of carbonyl (C=O) groups is 1. The molecule has 0 saturated carbocycles. The Morgan fingerprint density at radius 1 is 1.15 bits per heavy atom. The maximum absolute atomic E-state index is 15.3. The lowest BCUT2D eigenvalue weighted by molar-refractivity contribution is 0.0138. The first-order chi connectivity index (χ1) is 18.7. The van der Waals surface area contributed by atoms with Crippen molar-refractivity contribution in [2.45, 2.75) is 44.7 Å². The van der Waals surface area contributed by atoms with Crippen molar-refractivity contribution < 1.29 is 22.3 Å². The van der Waals surface area contributed by atoms with Crippen LogP contribution in [0, 0.1) is 5.82 Å². The number of fused-ring (bicyclic) bond motifs is 1. The Morgan fingerprint density at radius 2 is 1.82 bits per heavy atom. The standard InChI is InChI=1S/C26H30Cl2FN5O5S/c1-5-40(37,38)21-7-6-16(27)12-20(21)31-34-15-30-23-17(24(34)35)13-19(29)18(22(23)28)14-32-8-10-33(11-9-32)25(36)39-26(2,3)4/h6-7,12-13,15,31H,5,8-11,14H2,1-4H3. The van der Waals surface area contributed by atoms with Gasteiger partial charge >= 0.3 is 6.09 Å². The van der Waals surface area contributed by atoms with Gasteiger partial charge < -0.3 is 9.64 Å². The van der Waals surface area contributed by atoms with Gasteiger partial charge in [-0.1, -0.05) is 30.1 Å². The van der Waals surface area contributed by atoms with E-state index in [2.05, 4.69) is 10.4 Å². The third-order valence-electron chi connectivity index (χ3n) is 6.34. The van der Waals surface area contributed by atoms with Gasteiger partial charge in [-0.2, -0.15) is 0 Å². The van der Waals surface area contributed by atoms with Gasteiger partial charge in [0, 0.05) is 43.3 Å². The molecule has 3 aromatic rings. The lowest BCUT2D eigenvalue weighted by Crippen LogP contribution is -2.49. The van der Waals surface area contributed by atoms with E-state index >= 15 is 4.39 Å². The molecule has 0 bridgehead atoms. The molecule has 0 radical (unpaired) electrons. The van der Waals surface area contributed by atoms with E-state index in [1.54, 1.807) is 25.7 Å². The van der Waals surface area contributed by atoms with Crippen LogP contribution in [-0.2, 0) is 21.1 Å². The summed E-state index contributed by atoms with van der Waals surface area (Å²) in [5, 5.41) is 0.175. The number of hydrogen-bond acceptors (Lipinski definition) is 8. The third kappa shape index (κ3) is 6.51. The Morgan fingerprint density at radius 3 is 2.45 bits per heavy atom. The van der Waals surface area contributed by atoms with Crippen LogP contribution in [-0.4, -0.2) is 71.5 Å². The number of halogens is 3. The van der Waals surface area contributed by atoms with Gasteiger partial charge in [-0.25, -0.2) is 27.3 Å². The van der Waals surface area contributed by atoms with Crippen molar-refractivity contribution >= 4 is 55.7 Å². The summed E-state index contributed by atoms with van der Waals surface area (Å²) >= 11 is 12.6. The molecule has 1 aromatic heterocycles. The van der Waals surface area contributed by atoms with Crippen LogP contribution < -0.4 is 11.0 Å². The fourth-order valence-corrected chi connectivity index (χ4v) is 5.74. The summed E-state index contributed by atoms with van der Waals surface area (Å²) in [7, 11) is -3.64. The number of ether oxygens (including phenoxy) is 1. The molecule has 1 N–H and O–H groups in total. The molecular weight excluding hydrogens is 584 g/mol. The van der Waals surface area contributed by atoms with E-state index in [0.717, 1.165) is 17.1 Å². The monoisotopic (exact) mass is 613 g/mol. The van der Waals surface area contributed by atoms with Crippen LogP contribution in [0.15, 0.2) is 40.3 Å². The summed E-state index contributed by atoms with van der Waals surface area (Å²) in [6.45, 7) is 8.85. The van der Waals surface area contributed by atoms with E-state index in [-0.39, 0.29) is 49.4 Å². The number of nitrogens with one attached hydrogen (secondary N) is 1. The van der Waals surface area contributed by atoms with Gasteiger partial charge in [-0.3, -0.25) is 15.1 Å². The summed E-state index contributed by atoms with van der Waals surface area (Å²) in [6.07, 6.45) is 0.759. The van der Waals surface area contributed by atoms with Crippen LogP contribution in [0.3, 0.4) is 0 Å². The molecule has 2 aromatic carbocycles. The van der Waals surface area contributed by atoms with E-state index in [1.807, 2.05) is 4.90 Å². The Bertz CT molecular complexity index is 1620. The number of rotatable bonds is 6. The molecule has 0 atom stereocenters. The average molecular weight is 615 g/mol. The molecule has 1 aliphatic heterocycles. The molecule has 0 spiro atoms. The van der Waals surface area contributed by atoms with Crippen molar-refractivity contribution in [1.82, 2.24) is 19.5 Å². The van der Waals surface area contributed by atoms with Gasteiger partial charge in [0.2, 0.25) is 0 Å². The minimum Gasteiger partial charge on any atom is -0.444 e. The smallest absolute Gasteiger partial charge is 0.410 e. The molecule has 0 unspecified atom stereocenters. The summed E-state index contributed by atoms with van der Waals surface area (Å²) in [4.78, 5) is 33.4. The molecule has 4 rings (SSSR count). The second-order valence-corrected chi connectivity index (χ2v) is 13.4. The van der Waals surface area contributed by atoms with Crippen LogP contribution in [0.5, 0.6) is 0 Å². The van der Waals surface area contributed by atoms with Crippen molar-refractivity contribution in [1.29, 1.82) is 0 Å². The predicted molar refractivity (Wildman–Crippen MR) is 152 cm³/mol. The van der Waals surface area contributed by atoms with E-state index in [0.29, 0.717) is 26.2 Å². The highest BCUT2D eigenvalue weighted by atomic mass is 35.5. The molecule has 216 valence electrons. The maximum atomic E-state index is 15.3. The van der Waals surface area contributed by atoms with Crippen molar-refractivity contribution in [3.63, 3.8) is 0 Å². The molecule has 1 amide bonds. The lowest BCUT2D eigenvalue weighted by Gasteiger charge is -2.35.